The lowest BCUT2D eigenvalue weighted by Crippen LogP contribution is -2.36. The monoisotopic (exact) mass is 478 g/mol. The number of nitro groups is 1. The van der Waals surface area contributed by atoms with Gasteiger partial charge >= 0.3 is 6.03 Å². The molecule has 0 aliphatic carbocycles. The summed E-state index contributed by atoms with van der Waals surface area (Å²) in [5, 5.41) is 28.0. The Labute approximate surface area is 186 Å². The summed E-state index contributed by atoms with van der Waals surface area (Å²) in [5.74, 6) is 0. The number of carbonyl (C=O) groups is 1. The molecule has 2 aromatic carbocycles. The number of urea groups is 1. The van der Waals surface area contributed by atoms with Crippen molar-refractivity contribution in [1.29, 1.82) is 0 Å². The van der Waals surface area contributed by atoms with Gasteiger partial charge in [0.15, 0.2) is 0 Å². The molecule has 3 N–H and O–H groups in total. The lowest BCUT2D eigenvalue weighted by atomic mass is 10.3. The number of sulfonamides is 1. The zero-order valence-electron chi connectivity index (χ0n) is 16.6. The largest absolute Gasteiger partial charge is 0.337 e. The number of carbonyl (C=O) groups excluding carboxylic acids is 1. The van der Waals surface area contributed by atoms with Crippen molar-refractivity contribution in [2.75, 3.05) is 24.7 Å². The van der Waals surface area contributed by atoms with Crippen LogP contribution in [-0.2, 0) is 10.0 Å². The summed E-state index contributed by atoms with van der Waals surface area (Å²) in [7, 11) is -3.96. The van der Waals surface area contributed by atoms with Crippen molar-refractivity contribution in [2.45, 2.75) is 10.1 Å². The van der Waals surface area contributed by atoms with E-state index in [1.54, 1.807) is 24.3 Å². The minimum absolute atomic E-state index is 0.0106. The number of hydrogen-bond acceptors (Lipinski definition) is 9. The van der Waals surface area contributed by atoms with Crippen molar-refractivity contribution in [3.8, 4) is 5.69 Å². The molecule has 15 heteroatoms. The Balaban J connectivity index is 1.52. The second-order valence-corrected chi connectivity index (χ2v) is 8.70. The number of nitrogens with zero attached hydrogens (tertiary/aromatic N) is 5. The first-order valence-corrected chi connectivity index (χ1v) is 11.7. The summed E-state index contributed by atoms with van der Waals surface area (Å²) in [6.45, 7) is -0.122. The molecule has 13 nitrogen and oxygen atoms in total. The molecule has 0 atom stereocenters. The third-order valence-corrected chi connectivity index (χ3v) is 6.09. The van der Waals surface area contributed by atoms with Crippen LogP contribution in [0.25, 0.3) is 5.69 Å². The second-order valence-electron chi connectivity index (χ2n) is 6.16. The second kappa shape index (κ2) is 10.2. The standard InChI is InChI=1S/C17H18N8O5S2/c1-31-17-21-22-23-24(17)13-5-2-4-12(10-13)20-16(26)18-8-9-19-32(29,30)15-7-3-6-14(11-15)25(27)28/h2-7,10-11,19H,8-9H2,1H3,(H2,18,20,26). The normalized spacial score (nSPS) is 11.2. The van der Waals surface area contributed by atoms with Crippen LogP contribution in [0.2, 0.25) is 0 Å². The van der Waals surface area contributed by atoms with Crippen LogP contribution < -0.4 is 15.4 Å². The average Bonchev–Trinajstić information content (AvgIpc) is 3.26. The summed E-state index contributed by atoms with van der Waals surface area (Å²) in [6.07, 6.45) is 1.84. The van der Waals surface area contributed by atoms with Crippen LogP contribution in [0.1, 0.15) is 0 Å². The maximum Gasteiger partial charge on any atom is 0.319 e. The first-order chi connectivity index (χ1) is 15.3. The molecular weight excluding hydrogens is 460 g/mol. The van der Waals surface area contributed by atoms with E-state index in [-0.39, 0.29) is 23.7 Å². The first kappa shape index (κ1) is 23.1. The molecule has 1 aromatic heterocycles. The van der Waals surface area contributed by atoms with Crippen LogP contribution in [-0.4, -0.2) is 58.9 Å². The summed E-state index contributed by atoms with van der Waals surface area (Å²) in [5.41, 5.74) is 0.806. The molecular formula is C17H18N8O5S2. The third kappa shape index (κ3) is 5.77. The van der Waals surface area contributed by atoms with Gasteiger partial charge in [-0.3, -0.25) is 10.1 Å². The Morgan fingerprint density at radius 1 is 1.19 bits per heavy atom. The van der Waals surface area contributed by atoms with Crippen LogP contribution >= 0.6 is 11.8 Å². The molecule has 0 saturated carbocycles. The van der Waals surface area contributed by atoms with Crippen molar-refractivity contribution in [3.63, 3.8) is 0 Å². The van der Waals surface area contributed by atoms with Gasteiger partial charge < -0.3 is 10.6 Å². The van der Waals surface area contributed by atoms with Gasteiger partial charge in [-0.25, -0.2) is 17.9 Å². The Bertz CT molecular complexity index is 1230. The van der Waals surface area contributed by atoms with Gasteiger partial charge in [0.05, 0.1) is 15.5 Å². The molecule has 3 rings (SSSR count). The highest BCUT2D eigenvalue weighted by atomic mass is 32.2. The fraction of sp³-hybridized carbons (Fsp3) is 0.176. The van der Waals surface area contributed by atoms with Gasteiger partial charge in [-0.05, 0) is 40.9 Å². The van der Waals surface area contributed by atoms with Gasteiger partial charge in [0, 0.05) is 30.9 Å². The molecule has 168 valence electrons. The van der Waals surface area contributed by atoms with Crippen LogP contribution in [0.3, 0.4) is 0 Å². The number of nitro benzene ring substituents is 1. The predicted octanol–water partition coefficient (Wildman–Crippen LogP) is 1.39. The number of non-ortho nitro benzene ring substituents is 1. The molecule has 0 radical (unpaired) electrons. The fourth-order valence-electron chi connectivity index (χ4n) is 2.57. The van der Waals surface area contributed by atoms with Gasteiger partial charge in [0.25, 0.3) is 5.69 Å². The third-order valence-electron chi connectivity index (χ3n) is 4.01. The minimum Gasteiger partial charge on any atom is -0.337 e. The Hall–Kier alpha value is -3.56. The number of amides is 2. The van der Waals surface area contributed by atoms with Crippen LogP contribution in [0.5, 0.6) is 0 Å². The summed E-state index contributed by atoms with van der Waals surface area (Å²) in [6, 6.07) is 11.0. The summed E-state index contributed by atoms with van der Waals surface area (Å²) >= 11 is 1.37. The molecule has 0 fully saturated rings. The predicted molar refractivity (Wildman–Crippen MR) is 116 cm³/mol. The van der Waals surface area contributed by atoms with Crippen LogP contribution in [0.15, 0.2) is 58.6 Å². The molecule has 0 saturated heterocycles. The summed E-state index contributed by atoms with van der Waals surface area (Å²) in [4.78, 5) is 22.0. The van der Waals surface area contributed by atoms with Crippen molar-refractivity contribution in [2.24, 2.45) is 0 Å². The molecule has 32 heavy (non-hydrogen) atoms. The zero-order chi connectivity index (χ0) is 23.1. The van der Waals surface area contributed by atoms with Gasteiger partial charge in [0.2, 0.25) is 15.2 Å². The van der Waals surface area contributed by atoms with E-state index in [4.69, 9.17) is 0 Å². The number of anilines is 1. The van der Waals surface area contributed by atoms with E-state index < -0.39 is 21.0 Å². The Morgan fingerprint density at radius 2 is 1.97 bits per heavy atom. The lowest BCUT2D eigenvalue weighted by molar-refractivity contribution is -0.385. The van der Waals surface area contributed by atoms with Gasteiger partial charge in [0.1, 0.15) is 0 Å². The van der Waals surface area contributed by atoms with Crippen LogP contribution in [0.4, 0.5) is 16.2 Å². The molecule has 0 unspecified atom stereocenters. The molecule has 1 heterocycles. The van der Waals surface area contributed by atoms with Crippen molar-refractivity contribution >= 4 is 39.2 Å². The number of nitrogens with one attached hydrogen (secondary N) is 3. The zero-order valence-corrected chi connectivity index (χ0v) is 18.3. The minimum atomic E-state index is -3.96. The molecule has 0 aliphatic rings. The van der Waals surface area contributed by atoms with E-state index in [9.17, 15) is 23.3 Å². The van der Waals surface area contributed by atoms with Crippen molar-refractivity contribution in [1.82, 2.24) is 30.2 Å². The van der Waals surface area contributed by atoms with Crippen molar-refractivity contribution < 1.29 is 18.1 Å². The van der Waals surface area contributed by atoms with Crippen molar-refractivity contribution in [3.05, 3.63) is 58.6 Å². The highest BCUT2D eigenvalue weighted by molar-refractivity contribution is 7.98. The smallest absolute Gasteiger partial charge is 0.319 e. The average molecular weight is 479 g/mol. The highest BCUT2D eigenvalue weighted by Gasteiger charge is 2.17. The van der Waals surface area contributed by atoms with E-state index in [2.05, 4.69) is 30.9 Å². The number of rotatable bonds is 9. The number of thioether (sulfide) groups is 1. The Morgan fingerprint density at radius 3 is 2.72 bits per heavy atom. The van der Waals surface area contributed by atoms with Gasteiger partial charge in [-0.2, -0.15) is 4.68 Å². The van der Waals surface area contributed by atoms with E-state index in [0.717, 1.165) is 6.07 Å². The van der Waals surface area contributed by atoms with E-state index in [0.29, 0.717) is 16.5 Å². The van der Waals surface area contributed by atoms with E-state index in [1.807, 2.05) is 6.26 Å². The van der Waals surface area contributed by atoms with Crippen LogP contribution in [0, 0.1) is 10.1 Å². The summed E-state index contributed by atoms with van der Waals surface area (Å²) < 4.78 is 28.3. The molecule has 2 amide bonds. The Kier molecular flexibility index (Phi) is 7.34. The number of tetrazole rings is 1. The molecule has 0 bridgehead atoms. The number of benzene rings is 2. The molecule has 3 aromatic rings. The first-order valence-electron chi connectivity index (χ1n) is 9.02. The SMILES string of the molecule is CSc1nnnn1-c1cccc(NC(=O)NCCNS(=O)(=O)c2cccc([N+](=O)[O-])c2)c1. The quantitative estimate of drug-likeness (QED) is 0.178. The lowest BCUT2D eigenvalue weighted by Gasteiger charge is -2.10. The van der Waals surface area contributed by atoms with Gasteiger partial charge in [-0.15, -0.1) is 5.10 Å². The topological polar surface area (TPSA) is 174 Å². The maximum absolute atomic E-state index is 12.3. The number of hydrogen-bond donors (Lipinski definition) is 3. The maximum atomic E-state index is 12.3. The van der Waals surface area contributed by atoms with E-state index in [1.165, 1.54) is 34.6 Å². The fourth-order valence-corrected chi connectivity index (χ4v) is 4.07. The van der Waals surface area contributed by atoms with Gasteiger partial charge in [-0.1, -0.05) is 23.9 Å². The highest BCUT2D eigenvalue weighted by Crippen LogP contribution is 2.19. The number of aromatic nitrogens is 4. The van der Waals surface area contributed by atoms with E-state index >= 15 is 0 Å². The molecule has 0 aliphatic heterocycles. The molecule has 0 spiro atoms.